The number of thioether (sulfide) groups is 1. The summed E-state index contributed by atoms with van der Waals surface area (Å²) in [5.41, 5.74) is 1.30. The number of amides is 1. The van der Waals surface area contributed by atoms with Crippen LogP contribution in [0.5, 0.6) is 0 Å². The van der Waals surface area contributed by atoms with Gasteiger partial charge in [-0.1, -0.05) is 30.0 Å². The van der Waals surface area contributed by atoms with Gasteiger partial charge in [-0.3, -0.25) is 9.89 Å². The molecular formula is C20H20FN5O3S2. The Labute approximate surface area is 183 Å². The second-order valence-corrected chi connectivity index (χ2v) is 9.63. The summed E-state index contributed by atoms with van der Waals surface area (Å²) in [6.45, 7) is 0. The SMILES string of the molecule is CN(C)S(=O)(=O)c1ccc(NC(=O)CSc2n[nH]c(C=Cc3ccc(F)cc3)n2)cc1. The average Bonchev–Trinajstić information content (AvgIpc) is 3.20. The first kappa shape index (κ1) is 22.7. The minimum absolute atomic E-state index is 0.0801. The lowest BCUT2D eigenvalue weighted by atomic mass is 10.2. The zero-order valence-electron chi connectivity index (χ0n) is 16.7. The molecule has 11 heteroatoms. The number of nitrogens with zero attached hydrogens (tertiary/aromatic N) is 3. The molecule has 0 aliphatic heterocycles. The molecule has 3 rings (SSSR count). The summed E-state index contributed by atoms with van der Waals surface area (Å²) in [5.74, 6) is 0.00569. The Kier molecular flexibility index (Phi) is 7.21. The van der Waals surface area contributed by atoms with Gasteiger partial charge < -0.3 is 5.32 Å². The van der Waals surface area contributed by atoms with E-state index in [2.05, 4.69) is 20.5 Å². The number of halogens is 1. The number of aromatic amines is 1. The molecule has 162 valence electrons. The predicted octanol–water partition coefficient (Wildman–Crippen LogP) is 3.10. The number of aromatic nitrogens is 3. The van der Waals surface area contributed by atoms with Crippen LogP contribution in [-0.4, -0.2) is 53.7 Å². The monoisotopic (exact) mass is 461 g/mol. The van der Waals surface area contributed by atoms with E-state index < -0.39 is 10.0 Å². The summed E-state index contributed by atoms with van der Waals surface area (Å²) < 4.78 is 38.2. The smallest absolute Gasteiger partial charge is 0.242 e. The van der Waals surface area contributed by atoms with Crippen LogP contribution in [0.3, 0.4) is 0 Å². The molecule has 0 saturated heterocycles. The molecule has 0 aliphatic carbocycles. The van der Waals surface area contributed by atoms with Crippen LogP contribution in [0.2, 0.25) is 0 Å². The highest BCUT2D eigenvalue weighted by Crippen LogP contribution is 2.18. The van der Waals surface area contributed by atoms with Gasteiger partial charge in [0.2, 0.25) is 21.1 Å². The van der Waals surface area contributed by atoms with Gasteiger partial charge >= 0.3 is 0 Å². The second-order valence-electron chi connectivity index (χ2n) is 6.54. The van der Waals surface area contributed by atoms with E-state index in [9.17, 15) is 17.6 Å². The van der Waals surface area contributed by atoms with E-state index >= 15 is 0 Å². The van der Waals surface area contributed by atoms with Gasteiger partial charge in [0.15, 0.2) is 0 Å². The molecule has 0 bridgehead atoms. The van der Waals surface area contributed by atoms with Gasteiger partial charge in [0.25, 0.3) is 0 Å². The maximum atomic E-state index is 12.9. The van der Waals surface area contributed by atoms with Gasteiger partial charge in [-0.2, -0.15) is 0 Å². The number of benzene rings is 2. The van der Waals surface area contributed by atoms with Crippen molar-refractivity contribution >= 4 is 45.5 Å². The van der Waals surface area contributed by atoms with Gasteiger partial charge in [0.05, 0.1) is 10.6 Å². The Morgan fingerprint density at radius 3 is 2.45 bits per heavy atom. The second kappa shape index (κ2) is 9.86. The average molecular weight is 462 g/mol. The number of hydrogen-bond acceptors (Lipinski definition) is 6. The number of anilines is 1. The van der Waals surface area contributed by atoms with Crippen molar-refractivity contribution in [2.45, 2.75) is 10.1 Å². The molecule has 0 fully saturated rings. The van der Waals surface area contributed by atoms with E-state index in [1.54, 1.807) is 24.3 Å². The van der Waals surface area contributed by atoms with E-state index in [4.69, 9.17) is 0 Å². The molecule has 0 aliphatic rings. The Morgan fingerprint density at radius 1 is 1.13 bits per heavy atom. The highest BCUT2D eigenvalue weighted by molar-refractivity contribution is 7.99. The fraction of sp³-hybridized carbons (Fsp3) is 0.150. The van der Waals surface area contributed by atoms with Crippen LogP contribution in [0.1, 0.15) is 11.4 Å². The minimum Gasteiger partial charge on any atom is -0.325 e. The maximum absolute atomic E-state index is 12.9. The van der Waals surface area contributed by atoms with Crippen LogP contribution < -0.4 is 5.32 Å². The van der Waals surface area contributed by atoms with Gasteiger partial charge in [-0.05, 0) is 48.0 Å². The summed E-state index contributed by atoms with van der Waals surface area (Å²) in [4.78, 5) is 16.6. The van der Waals surface area contributed by atoms with E-state index in [0.29, 0.717) is 16.7 Å². The Hall–Kier alpha value is -3.02. The summed E-state index contributed by atoms with van der Waals surface area (Å²) in [5, 5.41) is 9.90. The van der Waals surface area contributed by atoms with Crippen molar-refractivity contribution in [2.75, 3.05) is 25.2 Å². The van der Waals surface area contributed by atoms with Crippen molar-refractivity contribution in [1.29, 1.82) is 0 Å². The first-order chi connectivity index (χ1) is 14.7. The van der Waals surface area contributed by atoms with Gasteiger partial charge in [-0.15, -0.1) is 5.10 Å². The van der Waals surface area contributed by atoms with Crippen LogP contribution in [0, 0.1) is 5.82 Å². The van der Waals surface area contributed by atoms with Crippen LogP contribution in [0.4, 0.5) is 10.1 Å². The number of hydrogen-bond donors (Lipinski definition) is 2. The summed E-state index contributed by atoms with van der Waals surface area (Å²) >= 11 is 1.15. The van der Waals surface area contributed by atoms with Crippen LogP contribution in [0.15, 0.2) is 58.6 Å². The number of nitrogens with one attached hydrogen (secondary N) is 2. The molecule has 0 spiro atoms. The normalized spacial score (nSPS) is 11.9. The molecule has 3 aromatic rings. The zero-order chi connectivity index (χ0) is 22.4. The third-order valence-corrected chi connectivity index (χ3v) is 6.71. The predicted molar refractivity (Wildman–Crippen MR) is 118 cm³/mol. The molecule has 8 nitrogen and oxygen atoms in total. The molecule has 1 heterocycles. The Morgan fingerprint density at radius 2 is 1.81 bits per heavy atom. The standard InChI is InChI=1S/C20H20FN5O3S2/c1-26(2)31(28,29)17-10-8-16(9-11-17)22-19(27)13-30-20-23-18(24-25-20)12-5-14-3-6-15(21)7-4-14/h3-12H,13H2,1-2H3,(H,22,27)(H,23,24,25). The fourth-order valence-electron chi connectivity index (χ4n) is 2.39. The topological polar surface area (TPSA) is 108 Å². The fourth-order valence-corrected chi connectivity index (χ4v) is 3.90. The quantitative estimate of drug-likeness (QED) is 0.499. The van der Waals surface area contributed by atoms with E-state index in [1.807, 2.05) is 0 Å². The lowest BCUT2D eigenvalue weighted by Crippen LogP contribution is -2.22. The molecule has 2 N–H and O–H groups in total. The van der Waals surface area contributed by atoms with Gasteiger partial charge in [0.1, 0.15) is 11.6 Å². The molecule has 31 heavy (non-hydrogen) atoms. The third-order valence-electron chi connectivity index (χ3n) is 4.03. The highest BCUT2D eigenvalue weighted by Gasteiger charge is 2.16. The van der Waals surface area contributed by atoms with Gasteiger partial charge in [0, 0.05) is 19.8 Å². The van der Waals surface area contributed by atoms with Crippen molar-refractivity contribution < 1.29 is 17.6 Å². The third kappa shape index (κ3) is 6.23. The first-order valence-corrected chi connectivity index (χ1v) is 11.5. The Balaban J connectivity index is 1.51. The molecule has 0 radical (unpaired) electrons. The molecule has 0 unspecified atom stereocenters. The van der Waals surface area contributed by atoms with Gasteiger partial charge in [-0.25, -0.2) is 22.1 Å². The summed E-state index contributed by atoms with van der Waals surface area (Å²) in [7, 11) is -0.609. The Bertz CT molecular complexity index is 1170. The molecule has 2 aromatic carbocycles. The summed E-state index contributed by atoms with van der Waals surface area (Å²) in [6, 6.07) is 12.0. The molecular weight excluding hydrogens is 441 g/mol. The van der Waals surface area contributed by atoms with E-state index in [0.717, 1.165) is 21.6 Å². The molecule has 0 saturated carbocycles. The van der Waals surface area contributed by atoms with Crippen molar-refractivity contribution in [2.24, 2.45) is 0 Å². The van der Waals surface area contributed by atoms with Crippen molar-refractivity contribution in [1.82, 2.24) is 19.5 Å². The van der Waals surface area contributed by atoms with Crippen LogP contribution >= 0.6 is 11.8 Å². The minimum atomic E-state index is -3.52. The summed E-state index contributed by atoms with van der Waals surface area (Å²) in [6.07, 6.45) is 3.47. The molecule has 0 atom stereocenters. The lowest BCUT2D eigenvalue weighted by Gasteiger charge is -2.11. The van der Waals surface area contributed by atoms with Crippen molar-refractivity contribution in [3.8, 4) is 0 Å². The number of carbonyl (C=O) groups excluding carboxylic acids is 1. The number of sulfonamides is 1. The highest BCUT2D eigenvalue weighted by atomic mass is 32.2. The van der Waals surface area contributed by atoms with Crippen molar-refractivity contribution in [3.05, 3.63) is 65.7 Å². The van der Waals surface area contributed by atoms with E-state index in [-0.39, 0.29) is 22.4 Å². The van der Waals surface area contributed by atoms with Crippen molar-refractivity contribution in [3.63, 3.8) is 0 Å². The largest absolute Gasteiger partial charge is 0.325 e. The molecule has 1 amide bonds. The number of carbonyl (C=O) groups is 1. The number of H-pyrrole nitrogens is 1. The number of rotatable bonds is 8. The maximum Gasteiger partial charge on any atom is 0.242 e. The molecule has 1 aromatic heterocycles. The van der Waals surface area contributed by atoms with Crippen LogP contribution in [-0.2, 0) is 14.8 Å². The zero-order valence-corrected chi connectivity index (χ0v) is 18.4. The van der Waals surface area contributed by atoms with E-state index in [1.165, 1.54) is 50.5 Å². The first-order valence-electron chi connectivity index (χ1n) is 9.05. The lowest BCUT2D eigenvalue weighted by molar-refractivity contribution is -0.113. The van der Waals surface area contributed by atoms with Crippen LogP contribution in [0.25, 0.3) is 12.2 Å².